The van der Waals surface area contributed by atoms with E-state index in [1.807, 2.05) is 12.3 Å². The summed E-state index contributed by atoms with van der Waals surface area (Å²) in [5.74, 6) is 0.866. The van der Waals surface area contributed by atoms with Crippen molar-refractivity contribution in [2.45, 2.75) is 19.9 Å². The van der Waals surface area contributed by atoms with Crippen molar-refractivity contribution >= 4 is 16.9 Å². The molecule has 0 aliphatic carbocycles. The minimum Gasteiger partial charge on any atom is -0.366 e. The number of fused-ring (bicyclic) bond motifs is 1. The molecule has 0 saturated heterocycles. The van der Waals surface area contributed by atoms with Crippen LogP contribution < -0.4 is 5.32 Å². The molecule has 2 aromatic heterocycles. The Hall–Kier alpha value is -1.58. The molecule has 0 unspecified atom stereocenters. The molecular weight excluding hydrogens is 164 g/mol. The summed E-state index contributed by atoms with van der Waals surface area (Å²) in [6, 6.07) is 2.31. The quantitative estimate of drug-likeness (QED) is 0.733. The monoisotopic (exact) mass is 176 g/mol. The van der Waals surface area contributed by atoms with Gasteiger partial charge in [0.15, 0.2) is 5.82 Å². The van der Waals surface area contributed by atoms with Crippen molar-refractivity contribution in [2.24, 2.45) is 0 Å². The average molecular weight is 176 g/mol. The van der Waals surface area contributed by atoms with E-state index >= 15 is 0 Å². The zero-order valence-corrected chi connectivity index (χ0v) is 7.70. The van der Waals surface area contributed by atoms with Crippen molar-refractivity contribution in [3.63, 3.8) is 0 Å². The first kappa shape index (κ1) is 8.04. The van der Waals surface area contributed by atoms with E-state index in [4.69, 9.17) is 0 Å². The molecule has 0 saturated carbocycles. The Morgan fingerprint density at radius 3 is 3.00 bits per heavy atom. The third kappa shape index (κ3) is 1.47. The minimum atomic E-state index is 0.376. The van der Waals surface area contributed by atoms with Crippen LogP contribution in [0.3, 0.4) is 0 Å². The Kier molecular flexibility index (Phi) is 1.88. The lowest BCUT2D eigenvalue weighted by Gasteiger charge is -2.08. The molecule has 2 rings (SSSR count). The highest BCUT2D eigenvalue weighted by atomic mass is 15.0. The van der Waals surface area contributed by atoms with Crippen LogP contribution in [0.2, 0.25) is 0 Å². The SMILES string of the molecule is CC(C)Nc1ncnc2cc[nH]c12. The smallest absolute Gasteiger partial charge is 0.154 e. The van der Waals surface area contributed by atoms with Gasteiger partial charge in [-0.3, -0.25) is 0 Å². The van der Waals surface area contributed by atoms with Crippen LogP contribution in [0, 0.1) is 0 Å². The Morgan fingerprint density at radius 1 is 1.38 bits per heavy atom. The van der Waals surface area contributed by atoms with E-state index in [0.717, 1.165) is 16.9 Å². The normalized spacial score (nSPS) is 11.0. The number of nitrogens with one attached hydrogen (secondary N) is 2. The maximum Gasteiger partial charge on any atom is 0.154 e. The molecule has 0 amide bonds. The fraction of sp³-hybridized carbons (Fsp3) is 0.333. The molecule has 0 fully saturated rings. The zero-order chi connectivity index (χ0) is 9.26. The van der Waals surface area contributed by atoms with Gasteiger partial charge in [-0.25, -0.2) is 9.97 Å². The van der Waals surface area contributed by atoms with Gasteiger partial charge in [-0.2, -0.15) is 0 Å². The van der Waals surface area contributed by atoms with Crippen LogP contribution in [0.1, 0.15) is 13.8 Å². The van der Waals surface area contributed by atoms with E-state index < -0.39 is 0 Å². The molecule has 68 valence electrons. The predicted molar refractivity (Wildman–Crippen MR) is 52.6 cm³/mol. The van der Waals surface area contributed by atoms with Crippen LogP contribution in [0.25, 0.3) is 11.0 Å². The van der Waals surface area contributed by atoms with E-state index in [1.54, 1.807) is 6.33 Å². The van der Waals surface area contributed by atoms with Gasteiger partial charge < -0.3 is 10.3 Å². The van der Waals surface area contributed by atoms with Gasteiger partial charge in [-0.15, -0.1) is 0 Å². The number of H-pyrrole nitrogens is 1. The van der Waals surface area contributed by atoms with Crippen LogP contribution in [-0.2, 0) is 0 Å². The third-order valence-electron chi connectivity index (χ3n) is 1.77. The highest BCUT2D eigenvalue weighted by Gasteiger charge is 2.04. The van der Waals surface area contributed by atoms with Crippen LogP contribution >= 0.6 is 0 Å². The van der Waals surface area contributed by atoms with Gasteiger partial charge in [0.25, 0.3) is 0 Å². The summed E-state index contributed by atoms with van der Waals surface area (Å²) in [6.45, 7) is 4.16. The number of aromatic amines is 1. The Balaban J connectivity index is 2.48. The molecule has 2 heterocycles. The van der Waals surface area contributed by atoms with Crippen molar-refractivity contribution in [3.8, 4) is 0 Å². The van der Waals surface area contributed by atoms with Crippen LogP contribution in [0.15, 0.2) is 18.6 Å². The maximum atomic E-state index is 4.17. The molecule has 4 heteroatoms. The summed E-state index contributed by atoms with van der Waals surface area (Å²) in [5.41, 5.74) is 1.91. The van der Waals surface area contributed by atoms with Crippen molar-refractivity contribution in [1.29, 1.82) is 0 Å². The molecule has 0 spiro atoms. The number of rotatable bonds is 2. The number of hydrogen-bond donors (Lipinski definition) is 2. The first-order chi connectivity index (χ1) is 6.27. The van der Waals surface area contributed by atoms with E-state index in [2.05, 4.69) is 34.1 Å². The summed E-state index contributed by atoms with van der Waals surface area (Å²) in [6.07, 6.45) is 3.44. The summed E-state index contributed by atoms with van der Waals surface area (Å²) in [5, 5.41) is 3.25. The average Bonchev–Trinajstić information content (AvgIpc) is 2.51. The molecule has 2 N–H and O–H groups in total. The van der Waals surface area contributed by atoms with Crippen LogP contribution in [0.4, 0.5) is 5.82 Å². The summed E-state index contributed by atoms with van der Waals surface area (Å²) >= 11 is 0. The second-order valence-electron chi connectivity index (χ2n) is 3.26. The molecule has 13 heavy (non-hydrogen) atoms. The summed E-state index contributed by atoms with van der Waals surface area (Å²) in [4.78, 5) is 11.4. The van der Waals surface area contributed by atoms with Gasteiger partial charge in [0.05, 0.1) is 5.52 Å². The van der Waals surface area contributed by atoms with Gasteiger partial charge in [0.2, 0.25) is 0 Å². The van der Waals surface area contributed by atoms with Crippen molar-refractivity contribution in [2.75, 3.05) is 5.32 Å². The highest BCUT2D eigenvalue weighted by Crippen LogP contribution is 2.16. The second-order valence-corrected chi connectivity index (χ2v) is 3.26. The molecule has 0 aromatic carbocycles. The largest absolute Gasteiger partial charge is 0.366 e. The first-order valence-corrected chi connectivity index (χ1v) is 4.32. The van der Waals surface area contributed by atoms with Crippen molar-refractivity contribution < 1.29 is 0 Å². The lowest BCUT2D eigenvalue weighted by atomic mass is 10.3. The molecule has 0 aliphatic rings. The Labute approximate surface area is 76.4 Å². The number of hydrogen-bond acceptors (Lipinski definition) is 3. The fourth-order valence-electron chi connectivity index (χ4n) is 1.25. The van der Waals surface area contributed by atoms with E-state index in [0.29, 0.717) is 6.04 Å². The summed E-state index contributed by atoms with van der Waals surface area (Å²) < 4.78 is 0. The van der Waals surface area contributed by atoms with Crippen LogP contribution in [-0.4, -0.2) is 21.0 Å². The maximum absolute atomic E-state index is 4.17. The van der Waals surface area contributed by atoms with Crippen molar-refractivity contribution in [1.82, 2.24) is 15.0 Å². The minimum absolute atomic E-state index is 0.376. The third-order valence-corrected chi connectivity index (χ3v) is 1.77. The molecule has 0 radical (unpaired) electrons. The second kappa shape index (κ2) is 3.05. The molecule has 0 aliphatic heterocycles. The number of nitrogens with zero attached hydrogens (tertiary/aromatic N) is 2. The highest BCUT2D eigenvalue weighted by molar-refractivity contribution is 5.85. The van der Waals surface area contributed by atoms with E-state index in [1.165, 1.54) is 0 Å². The fourth-order valence-corrected chi connectivity index (χ4v) is 1.25. The predicted octanol–water partition coefficient (Wildman–Crippen LogP) is 1.78. The van der Waals surface area contributed by atoms with Gasteiger partial charge in [-0.1, -0.05) is 0 Å². The van der Waals surface area contributed by atoms with Gasteiger partial charge in [-0.05, 0) is 19.9 Å². The van der Waals surface area contributed by atoms with E-state index in [-0.39, 0.29) is 0 Å². The van der Waals surface area contributed by atoms with Gasteiger partial charge >= 0.3 is 0 Å². The topological polar surface area (TPSA) is 53.6 Å². The van der Waals surface area contributed by atoms with Gasteiger partial charge in [0, 0.05) is 12.2 Å². The Morgan fingerprint density at radius 2 is 2.23 bits per heavy atom. The lowest BCUT2D eigenvalue weighted by Crippen LogP contribution is -2.11. The molecular formula is C9H12N4. The summed E-state index contributed by atoms with van der Waals surface area (Å²) in [7, 11) is 0. The van der Waals surface area contributed by atoms with Crippen molar-refractivity contribution in [3.05, 3.63) is 18.6 Å². The van der Waals surface area contributed by atoms with Gasteiger partial charge in [0.1, 0.15) is 11.8 Å². The molecule has 0 atom stereocenters. The molecule has 2 aromatic rings. The molecule has 0 bridgehead atoms. The van der Waals surface area contributed by atoms with Crippen LogP contribution in [0.5, 0.6) is 0 Å². The zero-order valence-electron chi connectivity index (χ0n) is 7.70. The standard InChI is InChI=1S/C9H12N4/c1-6(2)13-9-8-7(3-4-10-8)11-5-12-9/h3-6,10H,1-2H3,(H,11,12,13). The Bertz CT molecular complexity index is 405. The number of anilines is 1. The van der Waals surface area contributed by atoms with E-state index in [9.17, 15) is 0 Å². The first-order valence-electron chi connectivity index (χ1n) is 4.32. The number of aromatic nitrogens is 3. The molecule has 4 nitrogen and oxygen atoms in total. The lowest BCUT2D eigenvalue weighted by molar-refractivity contribution is 0.889.